The van der Waals surface area contributed by atoms with Crippen molar-refractivity contribution in [2.24, 2.45) is 0 Å². The molecule has 0 atom stereocenters. The minimum absolute atomic E-state index is 0.297. The van der Waals surface area contributed by atoms with Gasteiger partial charge in [0.2, 0.25) is 0 Å². The van der Waals surface area contributed by atoms with Crippen molar-refractivity contribution in [2.45, 2.75) is 13.3 Å². The van der Waals surface area contributed by atoms with Gasteiger partial charge in [0.05, 0.1) is 5.69 Å². The van der Waals surface area contributed by atoms with Crippen molar-refractivity contribution in [3.63, 3.8) is 0 Å². The van der Waals surface area contributed by atoms with Crippen LogP contribution in [0.4, 0.5) is 20.3 Å². The molecule has 0 unspecified atom stereocenters. The van der Waals surface area contributed by atoms with E-state index in [1.165, 1.54) is 12.1 Å². The Morgan fingerprint density at radius 2 is 1.96 bits per heavy atom. The van der Waals surface area contributed by atoms with Crippen molar-refractivity contribution < 1.29 is 8.78 Å². The van der Waals surface area contributed by atoms with E-state index in [4.69, 9.17) is 0 Å². The van der Waals surface area contributed by atoms with Crippen LogP contribution in [0.5, 0.6) is 0 Å². The van der Waals surface area contributed by atoms with Gasteiger partial charge in [-0.25, -0.2) is 18.7 Å². The van der Waals surface area contributed by atoms with E-state index in [0.29, 0.717) is 29.1 Å². The Kier molecular flexibility index (Phi) is 4.08. The van der Waals surface area contributed by atoms with Crippen molar-refractivity contribution >= 4 is 22.4 Å². The summed E-state index contributed by atoms with van der Waals surface area (Å²) in [5.41, 5.74) is 2.76. The highest BCUT2D eigenvalue weighted by Gasteiger charge is 2.10. The normalized spacial score (nSPS) is 11.0. The van der Waals surface area contributed by atoms with E-state index in [1.807, 2.05) is 19.1 Å². The Hall–Kier alpha value is -3.28. The van der Waals surface area contributed by atoms with Gasteiger partial charge in [0.1, 0.15) is 17.5 Å². The predicted octanol–water partition coefficient (Wildman–Crippen LogP) is 4.88. The molecular weight excluding hydrogens is 334 g/mol. The summed E-state index contributed by atoms with van der Waals surface area (Å²) in [5, 5.41) is 3.53. The van der Waals surface area contributed by atoms with Crippen LogP contribution < -0.4 is 5.32 Å². The van der Waals surface area contributed by atoms with Crippen LogP contribution in [-0.4, -0.2) is 15.0 Å². The van der Waals surface area contributed by atoms with Crippen LogP contribution in [-0.2, 0) is 6.42 Å². The number of nitrogens with zero attached hydrogens (tertiary/aromatic N) is 2. The molecule has 130 valence electrons. The minimum Gasteiger partial charge on any atom is -0.359 e. The third-order valence-corrected chi connectivity index (χ3v) is 4.09. The van der Waals surface area contributed by atoms with E-state index in [1.54, 1.807) is 30.5 Å². The van der Waals surface area contributed by atoms with E-state index in [-0.39, 0.29) is 11.6 Å². The Labute approximate surface area is 148 Å². The lowest BCUT2D eigenvalue weighted by atomic mass is 10.1. The monoisotopic (exact) mass is 350 g/mol. The zero-order chi connectivity index (χ0) is 18.1. The lowest BCUT2D eigenvalue weighted by Crippen LogP contribution is -2.02. The summed E-state index contributed by atoms with van der Waals surface area (Å²) in [4.78, 5) is 11.7. The van der Waals surface area contributed by atoms with Gasteiger partial charge in [-0.15, -0.1) is 0 Å². The van der Waals surface area contributed by atoms with Gasteiger partial charge < -0.3 is 10.3 Å². The van der Waals surface area contributed by atoms with Gasteiger partial charge in [-0.1, -0.05) is 12.1 Å². The molecular formula is C20H16F2N4. The Bertz CT molecular complexity index is 1090. The van der Waals surface area contributed by atoms with Crippen LogP contribution in [0.15, 0.2) is 54.7 Å². The minimum atomic E-state index is -0.336. The van der Waals surface area contributed by atoms with Gasteiger partial charge >= 0.3 is 0 Å². The SMILES string of the molecule is Cc1cc2c(F)c(Nc3ccnc(Cc4cccc(F)c4)n3)ccc2[nH]1. The molecule has 4 nitrogen and oxygen atoms in total. The van der Waals surface area contributed by atoms with Crippen LogP contribution in [0.3, 0.4) is 0 Å². The van der Waals surface area contributed by atoms with Gasteiger partial charge in [-0.3, -0.25) is 0 Å². The molecule has 2 aromatic carbocycles. The molecule has 0 amide bonds. The fraction of sp³-hybridized carbons (Fsp3) is 0.100. The number of fused-ring (bicyclic) bond motifs is 1. The van der Waals surface area contributed by atoms with Crippen molar-refractivity contribution in [1.82, 2.24) is 15.0 Å². The molecule has 4 aromatic rings. The number of nitrogens with one attached hydrogen (secondary N) is 2. The Balaban J connectivity index is 1.60. The summed E-state index contributed by atoms with van der Waals surface area (Å²) in [5.74, 6) is 0.377. The standard InChI is InChI=1S/C20H16F2N4/c1-12-9-15-16(24-12)5-6-17(20(15)22)25-18-7-8-23-19(26-18)11-13-3-2-4-14(21)10-13/h2-10,24H,11H2,1H3,(H,23,25,26). The molecule has 6 heteroatoms. The summed E-state index contributed by atoms with van der Waals surface area (Å²) in [6, 6.07) is 13.2. The molecule has 0 saturated heterocycles. The third-order valence-electron chi connectivity index (χ3n) is 4.09. The maximum atomic E-state index is 14.7. The molecule has 0 aliphatic carbocycles. The lowest BCUT2D eigenvalue weighted by Gasteiger charge is -2.09. The molecule has 2 aromatic heterocycles. The van der Waals surface area contributed by atoms with Crippen LogP contribution in [0.25, 0.3) is 10.9 Å². The number of halogens is 2. The maximum absolute atomic E-state index is 14.7. The first-order valence-corrected chi connectivity index (χ1v) is 8.20. The predicted molar refractivity (Wildman–Crippen MR) is 97.5 cm³/mol. The van der Waals surface area contributed by atoms with Gasteiger partial charge in [-0.2, -0.15) is 0 Å². The summed E-state index contributed by atoms with van der Waals surface area (Å²) in [6.07, 6.45) is 1.99. The molecule has 4 rings (SSSR count). The van der Waals surface area contributed by atoms with Crippen molar-refractivity contribution in [3.05, 3.63) is 83.4 Å². The van der Waals surface area contributed by atoms with Crippen LogP contribution in [0.2, 0.25) is 0 Å². The average molecular weight is 350 g/mol. The Morgan fingerprint density at radius 1 is 1.08 bits per heavy atom. The fourth-order valence-corrected chi connectivity index (χ4v) is 2.93. The number of aryl methyl sites for hydroxylation is 1. The second-order valence-corrected chi connectivity index (χ2v) is 6.13. The zero-order valence-electron chi connectivity index (χ0n) is 14.1. The summed E-state index contributed by atoms with van der Waals surface area (Å²) in [7, 11) is 0. The lowest BCUT2D eigenvalue weighted by molar-refractivity contribution is 0.625. The second-order valence-electron chi connectivity index (χ2n) is 6.13. The number of rotatable bonds is 4. The van der Waals surface area contributed by atoms with Gasteiger partial charge in [0, 0.05) is 29.2 Å². The molecule has 0 fully saturated rings. The van der Waals surface area contributed by atoms with Crippen LogP contribution in [0, 0.1) is 18.6 Å². The van der Waals surface area contributed by atoms with Crippen molar-refractivity contribution in [1.29, 1.82) is 0 Å². The van der Waals surface area contributed by atoms with Crippen LogP contribution in [0.1, 0.15) is 17.1 Å². The van der Waals surface area contributed by atoms with E-state index in [0.717, 1.165) is 16.8 Å². The molecule has 0 saturated carbocycles. The summed E-state index contributed by atoms with van der Waals surface area (Å²) >= 11 is 0. The molecule has 0 radical (unpaired) electrons. The van der Waals surface area contributed by atoms with E-state index >= 15 is 0 Å². The highest BCUT2D eigenvalue weighted by Crippen LogP contribution is 2.27. The quantitative estimate of drug-likeness (QED) is 0.552. The van der Waals surface area contributed by atoms with Crippen molar-refractivity contribution in [2.75, 3.05) is 5.32 Å². The molecule has 0 aliphatic heterocycles. The van der Waals surface area contributed by atoms with E-state index in [2.05, 4.69) is 20.3 Å². The van der Waals surface area contributed by atoms with Gasteiger partial charge in [-0.05, 0) is 48.9 Å². The second kappa shape index (κ2) is 6.55. The topological polar surface area (TPSA) is 53.6 Å². The van der Waals surface area contributed by atoms with Gasteiger partial charge in [0.25, 0.3) is 0 Å². The zero-order valence-corrected chi connectivity index (χ0v) is 14.1. The molecule has 26 heavy (non-hydrogen) atoms. The first kappa shape index (κ1) is 16.2. The number of H-pyrrole nitrogens is 1. The number of hydrogen-bond donors (Lipinski definition) is 2. The Morgan fingerprint density at radius 3 is 2.81 bits per heavy atom. The van der Waals surface area contributed by atoms with Crippen molar-refractivity contribution in [3.8, 4) is 0 Å². The molecule has 0 bridgehead atoms. The third kappa shape index (κ3) is 3.26. The molecule has 2 heterocycles. The number of hydrogen-bond acceptors (Lipinski definition) is 3. The van der Waals surface area contributed by atoms with E-state index < -0.39 is 0 Å². The number of benzene rings is 2. The van der Waals surface area contributed by atoms with Crippen LogP contribution >= 0.6 is 0 Å². The number of aromatic amines is 1. The highest BCUT2D eigenvalue weighted by atomic mass is 19.1. The molecule has 2 N–H and O–H groups in total. The number of aromatic nitrogens is 3. The molecule has 0 aliphatic rings. The summed E-state index contributed by atoms with van der Waals surface area (Å²) < 4.78 is 28.0. The number of anilines is 2. The largest absolute Gasteiger partial charge is 0.359 e. The highest BCUT2D eigenvalue weighted by molar-refractivity contribution is 5.85. The first-order chi connectivity index (χ1) is 12.6. The molecule has 0 spiro atoms. The van der Waals surface area contributed by atoms with E-state index in [9.17, 15) is 8.78 Å². The van der Waals surface area contributed by atoms with Gasteiger partial charge in [0.15, 0.2) is 5.82 Å². The first-order valence-electron chi connectivity index (χ1n) is 8.20. The summed E-state index contributed by atoms with van der Waals surface area (Å²) in [6.45, 7) is 1.88. The average Bonchev–Trinajstić information content (AvgIpc) is 2.99. The smallest absolute Gasteiger partial charge is 0.156 e. The maximum Gasteiger partial charge on any atom is 0.156 e. The fourth-order valence-electron chi connectivity index (χ4n) is 2.93.